The highest BCUT2D eigenvalue weighted by molar-refractivity contribution is 7.91. The highest BCUT2D eigenvalue weighted by atomic mass is 32.2. The van der Waals surface area contributed by atoms with Crippen molar-refractivity contribution in [3.63, 3.8) is 0 Å². The molecule has 0 unspecified atom stereocenters. The largest absolute Gasteiger partial charge is 0.350 e. The van der Waals surface area contributed by atoms with Crippen LogP contribution in [0.2, 0.25) is 0 Å². The molecule has 26 heavy (non-hydrogen) atoms. The molecule has 10 heteroatoms. The molecule has 0 radical (unpaired) electrons. The molecule has 9 nitrogen and oxygen atoms in total. The number of nitrogens with zero attached hydrogens (tertiary/aromatic N) is 5. The molecular weight excluding hydrogens is 354 g/mol. The van der Waals surface area contributed by atoms with E-state index < -0.39 is 9.84 Å². The Kier molecular flexibility index (Phi) is 4.53. The van der Waals surface area contributed by atoms with Crippen molar-refractivity contribution in [3.8, 4) is 0 Å². The smallest absolute Gasteiger partial charge is 0.227 e. The van der Waals surface area contributed by atoms with Crippen molar-refractivity contribution in [1.29, 1.82) is 0 Å². The van der Waals surface area contributed by atoms with Crippen LogP contribution in [0.5, 0.6) is 0 Å². The standard InChI is InChI=1S/C16H23N7O2S/c1-22(6-3-12-8-19-20-9-12)16-18-4-2-15(21-16)23-7-5-17-13-10-26(24,25)11-14(13)23/h2,4,8-9,13-14,17H,3,5-7,10-11H2,1H3,(H,19,20)/t13-,14+/m0/s1. The fourth-order valence-corrected chi connectivity index (χ4v) is 5.60. The average Bonchev–Trinajstić information content (AvgIpc) is 3.25. The van der Waals surface area contributed by atoms with Gasteiger partial charge in [0.05, 0.1) is 23.7 Å². The number of anilines is 2. The van der Waals surface area contributed by atoms with E-state index in [0.29, 0.717) is 5.95 Å². The van der Waals surface area contributed by atoms with Gasteiger partial charge >= 0.3 is 0 Å². The van der Waals surface area contributed by atoms with Gasteiger partial charge in [-0.1, -0.05) is 0 Å². The number of hydrogen-bond acceptors (Lipinski definition) is 8. The molecule has 2 aliphatic heterocycles. The maximum atomic E-state index is 12.0. The van der Waals surface area contributed by atoms with Gasteiger partial charge in [0.15, 0.2) is 9.84 Å². The number of H-pyrrole nitrogens is 1. The van der Waals surface area contributed by atoms with Crippen LogP contribution in [0, 0.1) is 0 Å². The zero-order valence-corrected chi connectivity index (χ0v) is 15.5. The Morgan fingerprint density at radius 3 is 3.08 bits per heavy atom. The Morgan fingerprint density at radius 1 is 1.38 bits per heavy atom. The van der Waals surface area contributed by atoms with E-state index in [1.807, 2.05) is 30.4 Å². The van der Waals surface area contributed by atoms with Gasteiger partial charge in [-0.25, -0.2) is 13.4 Å². The first kappa shape index (κ1) is 17.2. The third-order valence-corrected chi connectivity index (χ3v) is 6.75. The van der Waals surface area contributed by atoms with Crippen LogP contribution in [-0.2, 0) is 16.3 Å². The first-order valence-corrected chi connectivity index (χ1v) is 10.6. The number of aromatic nitrogens is 4. The molecule has 4 heterocycles. The first-order valence-electron chi connectivity index (χ1n) is 8.74. The zero-order valence-electron chi connectivity index (χ0n) is 14.7. The lowest BCUT2D eigenvalue weighted by Gasteiger charge is -2.38. The van der Waals surface area contributed by atoms with Crippen molar-refractivity contribution in [3.05, 3.63) is 30.2 Å². The molecule has 2 aromatic rings. The van der Waals surface area contributed by atoms with Crippen molar-refractivity contribution in [2.75, 3.05) is 48.0 Å². The Labute approximate surface area is 152 Å². The lowest BCUT2D eigenvalue weighted by atomic mass is 10.1. The molecule has 0 spiro atoms. The summed E-state index contributed by atoms with van der Waals surface area (Å²) >= 11 is 0. The van der Waals surface area contributed by atoms with Crippen LogP contribution in [-0.4, -0.2) is 78.9 Å². The number of fused-ring (bicyclic) bond motifs is 1. The number of sulfone groups is 1. The molecule has 2 aliphatic rings. The Balaban J connectivity index is 1.50. The van der Waals surface area contributed by atoms with Gasteiger partial charge in [-0.15, -0.1) is 0 Å². The zero-order chi connectivity index (χ0) is 18.1. The fourth-order valence-electron chi connectivity index (χ4n) is 3.65. The minimum absolute atomic E-state index is 0.0222. The summed E-state index contributed by atoms with van der Waals surface area (Å²) in [7, 11) is -1.04. The van der Waals surface area contributed by atoms with E-state index in [1.54, 1.807) is 6.20 Å². The van der Waals surface area contributed by atoms with E-state index in [2.05, 4.69) is 25.4 Å². The summed E-state index contributed by atoms with van der Waals surface area (Å²) in [6.45, 7) is 2.27. The van der Waals surface area contributed by atoms with Gasteiger partial charge in [-0.05, 0) is 18.1 Å². The third kappa shape index (κ3) is 3.51. The SMILES string of the molecule is CN(CCc1cn[nH]c1)c1nccc(N2CCN[C@H]3CS(=O)(=O)C[C@H]32)n1. The first-order chi connectivity index (χ1) is 12.5. The lowest BCUT2D eigenvalue weighted by Crippen LogP contribution is -2.57. The highest BCUT2D eigenvalue weighted by Gasteiger charge is 2.43. The van der Waals surface area contributed by atoms with Crippen LogP contribution in [0.4, 0.5) is 11.8 Å². The molecule has 0 bridgehead atoms. The van der Waals surface area contributed by atoms with Gasteiger partial charge in [0.1, 0.15) is 5.82 Å². The molecule has 2 saturated heterocycles. The normalized spacial score (nSPS) is 24.4. The van der Waals surface area contributed by atoms with Crippen LogP contribution in [0.1, 0.15) is 5.56 Å². The van der Waals surface area contributed by atoms with E-state index in [1.165, 1.54) is 0 Å². The molecule has 2 aromatic heterocycles. The number of hydrogen-bond donors (Lipinski definition) is 2. The van der Waals surface area contributed by atoms with Gasteiger partial charge in [0.2, 0.25) is 5.95 Å². The second-order valence-corrected chi connectivity index (χ2v) is 9.05. The Morgan fingerprint density at radius 2 is 2.27 bits per heavy atom. The summed E-state index contributed by atoms with van der Waals surface area (Å²) in [6.07, 6.45) is 6.28. The summed E-state index contributed by atoms with van der Waals surface area (Å²) in [4.78, 5) is 13.2. The Hall–Kier alpha value is -2.20. The van der Waals surface area contributed by atoms with Crippen LogP contribution in [0.3, 0.4) is 0 Å². The van der Waals surface area contributed by atoms with Crippen LogP contribution in [0.25, 0.3) is 0 Å². The number of piperazine rings is 1. The second-order valence-electron chi connectivity index (χ2n) is 6.89. The van der Waals surface area contributed by atoms with E-state index in [0.717, 1.165) is 37.4 Å². The van der Waals surface area contributed by atoms with Crippen molar-refractivity contribution in [2.24, 2.45) is 0 Å². The van der Waals surface area contributed by atoms with Gasteiger partial charge in [-0.2, -0.15) is 10.1 Å². The van der Waals surface area contributed by atoms with Gasteiger partial charge in [0, 0.05) is 45.1 Å². The number of nitrogens with one attached hydrogen (secondary N) is 2. The Bertz CT molecular complexity index is 855. The molecule has 2 atom stereocenters. The molecule has 0 aliphatic carbocycles. The third-order valence-electron chi connectivity index (χ3n) is 5.04. The lowest BCUT2D eigenvalue weighted by molar-refractivity contribution is 0.422. The van der Waals surface area contributed by atoms with Crippen molar-refractivity contribution in [1.82, 2.24) is 25.5 Å². The monoisotopic (exact) mass is 377 g/mol. The molecule has 0 aromatic carbocycles. The van der Waals surface area contributed by atoms with Gasteiger partial charge in [-0.3, -0.25) is 5.10 Å². The van der Waals surface area contributed by atoms with Crippen LogP contribution < -0.4 is 15.1 Å². The topological polar surface area (TPSA) is 107 Å². The minimum Gasteiger partial charge on any atom is -0.350 e. The van der Waals surface area contributed by atoms with Crippen molar-refractivity contribution >= 4 is 21.6 Å². The molecule has 0 saturated carbocycles. The van der Waals surface area contributed by atoms with Gasteiger partial charge in [0.25, 0.3) is 0 Å². The number of rotatable bonds is 5. The van der Waals surface area contributed by atoms with Crippen molar-refractivity contribution in [2.45, 2.75) is 18.5 Å². The molecule has 140 valence electrons. The van der Waals surface area contributed by atoms with E-state index >= 15 is 0 Å². The second kappa shape index (κ2) is 6.84. The highest BCUT2D eigenvalue weighted by Crippen LogP contribution is 2.26. The van der Waals surface area contributed by atoms with E-state index in [9.17, 15) is 8.42 Å². The van der Waals surface area contributed by atoms with Crippen molar-refractivity contribution < 1.29 is 8.42 Å². The number of likely N-dealkylation sites (N-methyl/N-ethyl adjacent to an activating group) is 1. The fraction of sp³-hybridized carbons (Fsp3) is 0.562. The predicted molar refractivity (Wildman–Crippen MR) is 99.2 cm³/mol. The maximum Gasteiger partial charge on any atom is 0.227 e. The summed E-state index contributed by atoms with van der Waals surface area (Å²) in [5, 5.41) is 10.1. The summed E-state index contributed by atoms with van der Waals surface area (Å²) < 4.78 is 24.1. The van der Waals surface area contributed by atoms with Crippen LogP contribution >= 0.6 is 0 Å². The molecular formula is C16H23N7O2S. The minimum atomic E-state index is -3.00. The number of aromatic amines is 1. The summed E-state index contributed by atoms with van der Waals surface area (Å²) in [6, 6.07) is 1.78. The van der Waals surface area contributed by atoms with E-state index in [4.69, 9.17) is 4.98 Å². The predicted octanol–water partition coefficient (Wildman–Crippen LogP) is -0.546. The molecule has 4 rings (SSSR count). The quantitative estimate of drug-likeness (QED) is 0.715. The average molecular weight is 377 g/mol. The molecule has 2 N–H and O–H groups in total. The van der Waals surface area contributed by atoms with Gasteiger partial charge < -0.3 is 15.1 Å². The molecule has 0 amide bonds. The molecule has 2 fully saturated rings. The van der Waals surface area contributed by atoms with Crippen LogP contribution in [0.15, 0.2) is 24.7 Å². The summed E-state index contributed by atoms with van der Waals surface area (Å²) in [5.41, 5.74) is 1.13. The van der Waals surface area contributed by atoms with E-state index in [-0.39, 0.29) is 23.6 Å². The maximum absolute atomic E-state index is 12.0. The summed E-state index contributed by atoms with van der Waals surface area (Å²) in [5.74, 6) is 1.82.